The molecule has 0 aliphatic carbocycles. The van der Waals surface area contributed by atoms with Crippen molar-refractivity contribution in [2.75, 3.05) is 13.1 Å². The second-order valence-corrected chi connectivity index (χ2v) is 4.82. The Kier molecular flexibility index (Phi) is 3.33. The topological polar surface area (TPSA) is 37.8 Å². The first kappa shape index (κ1) is 11.4. The summed E-state index contributed by atoms with van der Waals surface area (Å²) in [6.45, 7) is 2.26. The van der Waals surface area contributed by atoms with E-state index in [-0.39, 0.29) is 0 Å². The van der Waals surface area contributed by atoms with Crippen molar-refractivity contribution < 1.29 is 0 Å². The lowest BCUT2D eigenvalue weighted by molar-refractivity contribution is 0.571. The summed E-state index contributed by atoms with van der Waals surface area (Å²) in [6.07, 6.45) is 3.99. The maximum absolute atomic E-state index is 4.39. The molecular formula is C15H17N3. The van der Waals surface area contributed by atoms with Gasteiger partial charge in [-0.25, -0.2) is 9.97 Å². The molecule has 3 rings (SSSR count). The van der Waals surface area contributed by atoms with Crippen LogP contribution in [0.1, 0.15) is 12.1 Å². The molecule has 1 saturated heterocycles. The molecule has 0 radical (unpaired) electrons. The fourth-order valence-corrected chi connectivity index (χ4v) is 2.46. The molecule has 0 bridgehead atoms. The van der Waals surface area contributed by atoms with Gasteiger partial charge in [0.15, 0.2) is 0 Å². The largest absolute Gasteiger partial charge is 0.316 e. The van der Waals surface area contributed by atoms with E-state index >= 15 is 0 Å². The maximum Gasteiger partial charge on any atom is 0.116 e. The second kappa shape index (κ2) is 5.27. The normalized spacial score (nSPS) is 19.0. The second-order valence-electron chi connectivity index (χ2n) is 4.82. The van der Waals surface area contributed by atoms with Crippen LogP contribution in [0, 0.1) is 5.92 Å². The Morgan fingerprint density at radius 3 is 2.83 bits per heavy atom. The lowest BCUT2D eigenvalue weighted by Crippen LogP contribution is -2.11. The van der Waals surface area contributed by atoms with E-state index in [1.807, 2.05) is 18.2 Å². The Morgan fingerprint density at radius 2 is 2.06 bits per heavy atom. The predicted molar refractivity (Wildman–Crippen MR) is 72.1 cm³/mol. The van der Waals surface area contributed by atoms with Crippen molar-refractivity contribution in [3.8, 4) is 11.3 Å². The van der Waals surface area contributed by atoms with E-state index in [9.17, 15) is 0 Å². The Bertz CT molecular complexity index is 504. The van der Waals surface area contributed by atoms with Gasteiger partial charge in [-0.2, -0.15) is 0 Å². The van der Waals surface area contributed by atoms with Crippen LogP contribution in [0.3, 0.4) is 0 Å². The van der Waals surface area contributed by atoms with Crippen LogP contribution in [0.15, 0.2) is 42.7 Å². The van der Waals surface area contributed by atoms with E-state index in [0.717, 1.165) is 42.4 Å². The van der Waals surface area contributed by atoms with Gasteiger partial charge in [0.05, 0.1) is 5.69 Å². The summed E-state index contributed by atoms with van der Waals surface area (Å²) < 4.78 is 0. The standard InChI is InChI=1S/C15H17N3/c1-2-4-13(5-3-1)15-9-14(17-11-18-15)8-12-6-7-16-10-12/h1-5,9,11-12,16H,6-8,10H2. The van der Waals surface area contributed by atoms with Crippen LogP contribution in [0.2, 0.25) is 0 Å². The molecule has 1 unspecified atom stereocenters. The lowest BCUT2D eigenvalue weighted by Gasteiger charge is -2.08. The number of benzene rings is 1. The summed E-state index contributed by atoms with van der Waals surface area (Å²) in [5.41, 5.74) is 3.33. The van der Waals surface area contributed by atoms with Crippen molar-refractivity contribution in [3.63, 3.8) is 0 Å². The van der Waals surface area contributed by atoms with Gasteiger partial charge in [-0.15, -0.1) is 0 Å². The Balaban J connectivity index is 1.80. The van der Waals surface area contributed by atoms with Crippen LogP contribution < -0.4 is 5.32 Å². The van der Waals surface area contributed by atoms with E-state index < -0.39 is 0 Å². The number of hydrogen-bond donors (Lipinski definition) is 1. The fraction of sp³-hybridized carbons (Fsp3) is 0.333. The minimum Gasteiger partial charge on any atom is -0.316 e. The molecule has 2 aromatic rings. The number of aromatic nitrogens is 2. The molecule has 2 heterocycles. The van der Waals surface area contributed by atoms with Gasteiger partial charge in [0.25, 0.3) is 0 Å². The third kappa shape index (κ3) is 2.57. The summed E-state index contributed by atoms with van der Waals surface area (Å²) in [7, 11) is 0. The van der Waals surface area contributed by atoms with E-state index in [1.165, 1.54) is 6.42 Å². The third-order valence-electron chi connectivity index (χ3n) is 3.45. The highest BCUT2D eigenvalue weighted by molar-refractivity contribution is 5.58. The zero-order chi connectivity index (χ0) is 12.2. The van der Waals surface area contributed by atoms with Crippen molar-refractivity contribution in [1.29, 1.82) is 0 Å². The average Bonchev–Trinajstić information content (AvgIpc) is 2.93. The first-order valence-electron chi connectivity index (χ1n) is 6.49. The fourth-order valence-electron chi connectivity index (χ4n) is 2.46. The van der Waals surface area contributed by atoms with Gasteiger partial charge in [-0.1, -0.05) is 30.3 Å². The van der Waals surface area contributed by atoms with Crippen LogP contribution in [-0.2, 0) is 6.42 Å². The quantitative estimate of drug-likeness (QED) is 0.893. The zero-order valence-electron chi connectivity index (χ0n) is 10.3. The highest BCUT2D eigenvalue weighted by atomic mass is 14.9. The lowest BCUT2D eigenvalue weighted by atomic mass is 10.0. The summed E-state index contributed by atoms with van der Waals surface area (Å²) in [4.78, 5) is 8.75. The minimum absolute atomic E-state index is 0.725. The van der Waals surface area contributed by atoms with Crippen molar-refractivity contribution in [2.45, 2.75) is 12.8 Å². The maximum atomic E-state index is 4.39. The third-order valence-corrected chi connectivity index (χ3v) is 3.45. The smallest absolute Gasteiger partial charge is 0.116 e. The van der Waals surface area contributed by atoms with Crippen molar-refractivity contribution >= 4 is 0 Å². The number of rotatable bonds is 3. The van der Waals surface area contributed by atoms with E-state index in [4.69, 9.17) is 0 Å². The van der Waals surface area contributed by atoms with Crippen LogP contribution in [0.4, 0.5) is 0 Å². The molecule has 1 atom stereocenters. The molecule has 3 nitrogen and oxygen atoms in total. The van der Waals surface area contributed by atoms with E-state index in [0.29, 0.717) is 0 Å². The Hall–Kier alpha value is -1.74. The van der Waals surface area contributed by atoms with Crippen molar-refractivity contribution in [3.05, 3.63) is 48.4 Å². The Morgan fingerprint density at radius 1 is 1.17 bits per heavy atom. The molecule has 3 heteroatoms. The molecule has 1 fully saturated rings. The highest BCUT2D eigenvalue weighted by Gasteiger charge is 2.15. The molecule has 0 saturated carbocycles. The summed E-state index contributed by atoms with van der Waals surface area (Å²) in [6, 6.07) is 12.4. The molecule has 1 aliphatic rings. The molecule has 1 N–H and O–H groups in total. The molecule has 0 amide bonds. The number of nitrogens with zero attached hydrogens (tertiary/aromatic N) is 2. The van der Waals surface area contributed by atoms with Crippen molar-refractivity contribution in [2.24, 2.45) is 5.92 Å². The first-order chi connectivity index (χ1) is 8.92. The average molecular weight is 239 g/mol. The van der Waals surface area contributed by atoms with Crippen LogP contribution in [0.25, 0.3) is 11.3 Å². The SMILES string of the molecule is c1ccc(-c2cc(CC3CCNC3)ncn2)cc1. The van der Waals surface area contributed by atoms with Crippen LogP contribution >= 0.6 is 0 Å². The number of nitrogens with one attached hydrogen (secondary N) is 1. The predicted octanol–water partition coefficient (Wildman–Crippen LogP) is 2.30. The van der Waals surface area contributed by atoms with Gasteiger partial charge in [-0.3, -0.25) is 0 Å². The van der Waals surface area contributed by atoms with Gasteiger partial charge >= 0.3 is 0 Å². The molecule has 92 valence electrons. The monoisotopic (exact) mass is 239 g/mol. The first-order valence-corrected chi connectivity index (χ1v) is 6.49. The molecule has 1 aromatic heterocycles. The van der Waals surface area contributed by atoms with Gasteiger partial charge in [0, 0.05) is 11.3 Å². The zero-order valence-corrected chi connectivity index (χ0v) is 10.3. The molecule has 1 aliphatic heterocycles. The molecule has 0 spiro atoms. The Labute approximate surface area is 107 Å². The highest BCUT2D eigenvalue weighted by Crippen LogP contribution is 2.19. The van der Waals surface area contributed by atoms with Gasteiger partial charge in [-0.05, 0) is 37.9 Å². The van der Waals surface area contributed by atoms with Crippen molar-refractivity contribution in [1.82, 2.24) is 15.3 Å². The summed E-state index contributed by atoms with van der Waals surface area (Å²) in [5.74, 6) is 0.725. The van der Waals surface area contributed by atoms with Crippen LogP contribution in [0.5, 0.6) is 0 Å². The van der Waals surface area contributed by atoms with Gasteiger partial charge < -0.3 is 5.32 Å². The van der Waals surface area contributed by atoms with Crippen LogP contribution in [-0.4, -0.2) is 23.1 Å². The van der Waals surface area contributed by atoms with E-state index in [2.05, 4.69) is 33.5 Å². The summed E-state index contributed by atoms with van der Waals surface area (Å²) in [5, 5.41) is 3.40. The number of hydrogen-bond acceptors (Lipinski definition) is 3. The molecular weight excluding hydrogens is 222 g/mol. The molecule has 18 heavy (non-hydrogen) atoms. The van der Waals surface area contributed by atoms with Gasteiger partial charge in [0.2, 0.25) is 0 Å². The van der Waals surface area contributed by atoms with E-state index in [1.54, 1.807) is 6.33 Å². The minimum atomic E-state index is 0.725. The summed E-state index contributed by atoms with van der Waals surface area (Å²) >= 11 is 0. The molecule has 1 aromatic carbocycles. The van der Waals surface area contributed by atoms with Gasteiger partial charge in [0.1, 0.15) is 6.33 Å².